The lowest BCUT2D eigenvalue weighted by molar-refractivity contribution is -0.138. The molecule has 4 aromatic rings. The lowest BCUT2D eigenvalue weighted by atomic mass is 9.84. The van der Waals surface area contributed by atoms with E-state index in [4.69, 9.17) is 10.2 Å². The van der Waals surface area contributed by atoms with Crippen molar-refractivity contribution in [1.29, 1.82) is 0 Å². The Morgan fingerprint density at radius 3 is 1.68 bits per heavy atom. The highest BCUT2D eigenvalue weighted by molar-refractivity contribution is 5.74. The fourth-order valence-corrected chi connectivity index (χ4v) is 4.36. The Labute approximate surface area is 240 Å². The number of hydrogen-bond acceptors (Lipinski definition) is 6. The van der Waals surface area contributed by atoms with E-state index in [0.717, 1.165) is 33.3 Å². The quantitative estimate of drug-likeness (QED) is 0.210. The molecule has 4 rings (SSSR count). The number of aryl methyl sites for hydroxylation is 2. The summed E-state index contributed by atoms with van der Waals surface area (Å²) in [5, 5.41) is 47.0. The largest absolute Gasteiger partial charge is 0.508 e. The Kier molecular flexibility index (Phi) is 9.42. The van der Waals surface area contributed by atoms with E-state index >= 15 is 0 Å². The van der Waals surface area contributed by atoms with Crippen LogP contribution in [0.15, 0.2) is 54.6 Å². The molecule has 9 heteroatoms. The van der Waals surface area contributed by atoms with Crippen molar-refractivity contribution in [2.24, 2.45) is 0 Å². The number of benzene rings is 3. The molecular weight excluding hydrogens is 522 g/mol. The second-order valence-electron chi connectivity index (χ2n) is 12.1. The maximum Gasteiger partial charge on any atom is 0.303 e. The zero-order valence-corrected chi connectivity index (χ0v) is 24.5. The van der Waals surface area contributed by atoms with E-state index in [1.54, 1.807) is 18.2 Å². The van der Waals surface area contributed by atoms with E-state index in [1.165, 1.54) is 4.80 Å². The summed E-state index contributed by atoms with van der Waals surface area (Å²) < 4.78 is 0. The number of fused-ring (bicyclic) bond motifs is 1. The van der Waals surface area contributed by atoms with Gasteiger partial charge in [-0.3, -0.25) is 9.59 Å². The number of phenols is 2. The van der Waals surface area contributed by atoms with Gasteiger partial charge in [0.05, 0.1) is 0 Å². The van der Waals surface area contributed by atoms with Crippen LogP contribution in [0.25, 0.3) is 16.7 Å². The third kappa shape index (κ3) is 8.30. The van der Waals surface area contributed by atoms with Crippen molar-refractivity contribution < 1.29 is 30.0 Å². The predicted octanol–water partition coefficient (Wildman–Crippen LogP) is 6.15. The summed E-state index contributed by atoms with van der Waals surface area (Å²) in [5.74, 6) is -1.27. The number of hydrogen-bond donors (Lipinski definition) is 4. The predicted molar refractivity (Wildman–Crippen MR) is 158 cm³/mol. The number of aromatic nitrogens is 3. The van der Waals surface area contributed by atoms with Gasteiger partial charge in [0.2, 0.25) is 0 Å². The van der Waals surface area contributed by atoms with Crippen molar-refractivity contribution in [1.82, 2.24) is 15.0 Å². The van der Waals surface area contributed by atoms with Gasteiger partial charge >= 0.3 is 11.9 Å². The van der Waals surface area contributed by atoms with Crippen LogP contribution >= 0.6 is 0 Å². The molecular formula is C32H39N3O6. The first kappa shape index (κ1) is 31.1. The molecule has 1 aromatic heterocycles. The van der Waals surface area contributed by atoms with Gasteiger partial charge in [0, 0.05) is 18.4 Å². The smallest absolute Gasteiger partial charge is 0.303 e. The third-order valence-corrected chi connectivity index (χ3v) is 6.58. The highest BCUT2D eigenvalue weighted by Gasteiger charge is 2.23. The van der Waals surface area contributed by atoms with Gasteiger partial charge in [-0.2, -0.15) is 0 Å². The van der Waals surface area contributed by atoms with Crippen molar-refractivity contribution in [3.05, 3.63) is 76.9 Å². The molecule has 0 bridgehead atoms. The molecule has 1 heterocycles. The number of carboxylic acids is 2. The van der Waals surface area contributed by atoms with Crippen LogP contribution in [0.5, 0.6) is 11.5 Å². The van der Waals surface area contributed by atoms with Gasteiger partial charge in [0.1, 0.15) is 28.2 Å². The van der Waals surface area contributed by atoms with Crippen LogP contribution in [0.4, 0.5) is 0 Å². The fourth-order valence-electron chi connectivity index (χ4n) is 4.36. The summed E-state index contributed by atoms with van der Waals surface area (Å²) in [5.41, 5.74) is 4.87. The van der Waals surface area contributed by atoms with E-state index in [9.17, 15) is 19.8 Å². The molecule has 0 amide bonds. The maximum absolute atomic E-state index is 10.9. The molecule has 0 atom stereocenters. The lowest BCUT2D eigenvalue weighted by Crippen LogP contribution is -2.14. The number of nitrogens with zero attached hydrogens (tertiary/aromatic N) is 3. The fraction of sp³-hybridized carbons (Fsp3) is 0.375. The van der Waals surface area contributed by atoms with Gasteiger partial charge in [0.15, 0.2) is 0 Å². The molecule has 0 fully saturated rings. The average molecular weight is 562 g/mol. The van der Waals surface area contributed by atoms with E-state index < -0.39 is 11.9 Å². The van der Waals surface area contributed by atoms with Crippen LogP contribution in [-0.2, 0) is 33.3 Å². The molecule has 0 radical (unpaired) electrons. The van der Waals surface area contributed by atoms with Gasteiger partial charge in [-0.15, -0.1) is 15.0 Å². The van der Waals surface area contributed by atoms with Gasteiger partial charge in [-0.25, -0.2) is 0 Å². The first-order valence-electron chi connectivity index (χ1n) is 13.5. The van der Waals surface area contributed by atoms with Gasteiger partial charge in [-0.05, 0) is 64.6 Å². The van der Waals surface area contributed by atoms with Crippen molar-refractivity contribution in [2.75, 3.05) is 0 Å². The molecule has 0 saturated carbocycles. The number of carboxylic acid groups (broad SMARTS) is 2. The molecule has 0 aliphatic carbocycles. The summed E-state index contributed by atoms with van der Waals surface area (Å²) in [7, 11) is 0. The summed E-state index contributed by atoms with van der Waals surface area (Å²) in [6.07, 6.45) is 1.03. The van der Waals surface area contributed by atoms with Crippen LogP contribution in [0, 0.1) is 0 Å². The number of phenolic OH excluding ortho intramolecular Hbond substituents is 2. The lowest BCUT2D eigenvalue weighted by Gasteiger charge is -2.23. The molecule has 41 heavy (non-hydrogen) atoms. The minimum absolute atomic E-state index is 0.0301. The normalized spacial score (nSPS) is 11.7. The van der Waals surface area contributed by atoms with E-state index in [1.807, 2.05) is 77.9 Å². The van der Waals surface area contributed by atoms with Crippen LogP contribution in [0.1, 0.15) is 76.6 Å². The standard InChI is InChI=1S/C19H21N3O3.C13H18O3/c1-19(2,3)13-10-12(8-9-17(23)24)11-16(18(13)25)22-20-14-6-4-5-7-15(14)21-22;1-13(2,3)10-8-9(4-6-11(10)14)5-7-12(15)16/h4-7,10-11,25H,8-9H2,1-3H3,(H,23,24);4,6,8,14H,5,7H2,1-3H3,(H,15,16). The van der Waals surface area contributed by atoms with Gasteiger partial charge in [0.25, 0.3) is 0 Å². The number of aromatic hydroxyl groups is 2. The highest BCUT2D eigenvalue weighted by atomic mass is 16.4. The van der Waals surface area contributed by atoms with Crippen molar-refractivity contribution >= 4 is 23.0 Å². The monoisotopic (exact) mass is 561 g/mol. The molecule has 9 nitrogen and oxygen atoms in total. The molecule has 4 N–H and O–H groups in total. The van der Waals surface area contributed by atoms with Crippen molar-refractivity contribution in [3.63, 3.8) is 0 Å². The van der Waals surface area contributed by atoms with Crippen LogP contribution < -0.4 is 0 Å². The Hall–Kier alpha value is -4.40. The van der Waals surface area contributed by atoms with Gasteiger partial charge in [-0.1, -0.05) is 71.9 Å². The Morgan fingerprint density at radius 1 is 0.707 bits per heavy atom. The minimum Gasteiger partial charge on any atom is -0.508 e. The molecule has 3 aromatic carbocycles. The maximum atomic E-state index is 10.9. The Bertz CT molecular complexity index is 1510. The Balaban J connectivity index is 0.000000250. The zero-order valence-electron chi connectivity index (χ0n) is 24.5. The topological polar surface area (TPSA) is 146 Å². The SMILES string of the molecule is CC(C)(C)c1cc(CCC(=O)O)cc(-n2nc3ccccc3n2)c1O.CC(C)(C)c1cc(CCC(=O)O)ccc1O. The number of rotatable bonds is 7. The molecule has 0 spiro atoms. The van der Waals surface area contributed by atoms with Crippen LogP contribution in [-0.4, -0.2) is 47.4 Å². The van der Waals surface area contributed by atoms with Crippen molar-refractivity contribution in [2.45, 2.75) is 78.1 Å². The van der Waals surface area contributed by atoms with Crippen LogP contribution in [0.2, 0.25) is 0 Å². The number of carbonyl (C=O) groups is 2. The average Bonchev–Trinajstić information content (AvgIpc) is 3.30. The van der Waals surface area contributed by atoms with Crippen molar-refractivity contribution in [3.8, 4) is 17.2 Å². The second kappa shape index (κ2) is 12.4. The second-order valence-corrected chi connectivity index (χ2v) is 12.1. The first-order valence-corrected chi connectivity index (χ1v) is 13.5. The summed E-state index contributed by atoms with van der Waals surface area (Å²) in [6, 6.07) is 16.4. The molecule has 0 saturated heterocycles. The summed E-state index contributed by atoms with van der Waals surface area (Å²) in [4.78, 5) is 22.8. The minimum atomic E-state index is -0.852. The zero-order chi connectivity index (χ0) is 30.5. The third-order valence-electron chi connectivity index (χ3n) is 6.58. The number of aliphatic carboxylic acids is 2. The van der Waals surface area contributed by atoms with E-state index in [-0.39, 0.29) is 35.2 Å². The van der Waals surface area contributed by atoms with Crippen LogP contribution in [0.3, 0.4) is 0 Å². The summed E-state index contributed by atoms with van der Waals surface area (Å²) >= 11 is 0. The van der Waals surface area contributed by atoms with E-state index in [2.05, 4.69) is 10.2 Å². The molecule has 0 aliphatic rings. The Morgan fingerprint density at radius 2 is 1.20 bits per heavy atom. The molecule has 218 valence electrons. The van der Waals surface area contributed by atoms with Gasteiger partial charge < -0.3 is 20.4 Å². The first-order chi connectivity index (χ1) is 19.1. The van der Waals surface area contributed by atoms with E-state index in [0.29, 0.717) is 18.5 Å². The molecule has 0 unspecified atom stereocenters. The highest BCUT2D eigenvalue weighted by Crippen LogP contribution is 2.36. The summed E-state index contributed by atoms with van der Waals surface area (Å²) in [6.45, 7) is 12.1. The molecule has 0 aliphatic heterocycles.